The summed E-state index contributed by atoms with van der Waals surface area (Å²) in [5.74, 6) is 0.745. The molecule has 1 aromatic heterocycles. The molecule has 0 unspecified atom stereocenters. The monoisotopic (exact) mass is 389 g/mol. The van der Waals surface area contributed by atoms with E-state index < -0.39 is 0 Å². The fraction of sp³-hybridized carbons (Fsp3) is 0.462. The molecule has 21 heavy (non-hydrogen) atoms. The normalized spacial score (nSPS) is 11.0. The summed E-state index contributed by atoms with van der Waals surface area (Å²) in [6.45, 7) is 4.79. The molecule has 114 valence electrons. The van der Waals surface area contributed by atoms with Crippen molar-refractivity contribution in [3.8, 4) is 0 Å². The van der Waals surface area contributed by atoms with Crippen molar-refractivity contribution in [2.24, 2.45) is 0 Å². The predicted octanol–water partition coefficient (Wildman–Crippen LogP) is 3.38. The maximum Gasteiger partial charge on any atom is 0.209 e. The lowest BCUT2D eigenvalue weighted by atomic mass is 10.2. The number of thioether (sulfide) groups is 1. The van der Waals surface area contributed by atoms with Gasteiger partial charge in [0.25, 0.3) is 0 Å². The van der Waals surface area contributed by atoms with Gasteiger partial charge in [0.15, 0.2) is 0 Å². The number of rotatable bonds is 8. The zero-order valence-corrected chi connectivity index (χ0v) is 14.9. The quantitative estimate of drug-likeness (QED) is 0.553. The lowest BCUT2D eigenvalue weighted by Crippen LogP contribution is -2.21. The van der Waals surface area contributed by atoms with Gasteiger partial charge in [-0.05, 0) is 41.1 Å². The summed E-state index contributed by atoms with van der Waals surface area (Å²) in [7, 11) is 0. The highest BCUT2D eigenvalue weighted by Crippen LogP contribution is 2.27. The molecule has 1 heterocycles. The van der Waals surface area contributed by atoms with Crippen LogP contribution in [0.25, 0.3) is 0 Å². The summed E-state index contributed by atoms with van der Waals surface area (Å²) < 4.78 is 2.80. The Morgan fingerprint density at radius 1 is 1.38 bits per heavy atom. The van der Waals surface area contributed by atoms with Crippen molar-refractivity contribution in [2.45, 2.75) is 30.8 Å². The third kappa shape index (κ3) is 5.25. The van der Waals surface area contributed by atoms with E-state index in [1.165, 1.54) is 0 Å². The third-order valence-electron chi connectivity index (χ3n) is 2.80. The fourth-order valence-electron chi connectivity index (χ4n) is 1.71. The highest BCUT2D eigenvalue weighted by molar-refractivity contribution is 9.10. The van der Waals surface area contributed by atoms with E-state index in [0.717, 1.165) is 52.0 Å². The van der Waals surface area contributed by atoms with Gasteiger partial charge in [0.2, 0.25) is 5.16 Å². The van der Waals surface area contributed by atoms with Crippen molar-refractivity contribution in [1.29, 1.82) is 0 Å². The Kier molecular flexibility index (Phi) is 6.95. The summed E-state index contributed by atoms with van der Waals surface area (Å²) in [5, 5.41) is 16.7. The molecule has 5 nitrogen and oxygen atoms in total. The first-order chi connectivity index (χ1) is 10.2. The second-order valence-corrected chi connectivity index (χ2v) is 6.72. The topological polar surface area (TPSA) is 55.6 Å². The van der Waals surface area contributed by atoms with Gasteiger partial charge in [0.05, 0.1) is 6.54 Å². The lowest BCUT2D eigenvalue weighted by molar-refractivity contribution is 0.510. The predicted molar refractivity (Wildman–Crippen MR) is 89.7 cm³/mol. The van der Waals surface area contributed by atoms with Crippen LogP contribution in [0.2, 0.25) is 5.02 Å². The van der Waals surface area contributed by atoms with Gasteiger partial charge < -0.3 is 5.32 Å². The van der Waals surface area contributed by atoms with Crippen LogP contribution in [-0.2, 0) is 12.3 Å². The molecule has 0 fully saturated rings. The summed E-state index contributed by atoms with van der Waals surface area (Å²) in [6.07, 6.45) is 1.12. The number of halogens is 2. The van der Waals surface area contributed by atoms with Crippen molar-refractivity contribution in [2.75, 3.05) is 13.1 Å². The molecule has 0 bridgehead atoms. The van der Waals surface area contributed by atoms with Crippen LogP contribution in [0.5, 0.6) is 0 Å². The zero-order valence-electron chi connectivity index (χ0n) is 11.7. The molecule has 0 saturated carbocycles. The van der Waals surface area contributed by atoms with Gasteiger partial charge in [-0.3, -0.25) is 0 Å². The molecular weight excluding hydrogens is 374 g/mol. The van der Waals surface area contributed by atoms with Crippen LogP contribution in [0.1, 0.15) is 18.9 Å². The first-order valence-corrected chi connectivity index (χ1v) is 8.90. The van der Waals surface area contributed by atoms with E-state index in [4.69, 9.17) is 11.6 Å². The maximum absolute atomic E-state index is 6.22. The molecule has 0 aliphatic heterocycles. The first kappa shape index (κ1) is 16.7. The van der Waals surface area contributed by atoms with Crippen LogP contribution < -0.4 is 5.32 Å². The standard InChI is InChI=1S/C13H17BrClN5S/c1-2-5-16-6-7-20-13(17-18-19-20)21-9-10-3-4-11(14)8-12(10)15/h3-4,8,16H,2,5-7,9H2,1H3. The summed E-state index contributed by atoms with van der Waals surface area (Å²) in [4.78, 5) is 0. The van der Waals surface area contributed by atoms with Crippen molar-refractivity contribution in [1.82, 2.24) is 25.5 Å². The molecule has 2 rings (SSSR count). The van der Waals surface area contributed by atoms with E-state index in [9.17, 15) is 0 Å². The minimum atomic E-state index is 0.745. The second-order valence-electron chi connectivity index (χ2n) is 4.46. The number of tetrazole rings is 1. The van der Waals surface area contributed by atoms with E-state index in [-0.39, 0.29) is 0 Å². The third-order valence-corrected chi connectivity index (χ3v) is 4.65. The molecule has 0 atom stereocenters. The molecule has 0 amide bonds. The highest BCUT2D eigenvalue weighted by Gasteiger charge is 2.08. The summed E-state index contributed by atoms with van der Waals surface area (Å²) in [5.41, 5.74) is 1.07. The Balaban J connectivity index is 1.90. The molecule has 0 saturated heterocycles. The van der Waals surface area contributed by atoms with Crippen molar-refractivity contribution >= 4 is 39.3 Å². The molecule has 0 radical (unpaired) electrons. The van der Waals surface area contributed by atoms with E-state index in [2.05, 4.69) is 43.7 Å². The van der Waals surface area contributed by atoms with Gasteiger partial charge in [0.1, 0.15) is 0 Å². The Morgan fingerprint density at radius 2 is 2.24 bits per heavy atom. The van der Waals surface area contributed by atoms with Crippen LogP contribution in [0.3, 0.4) is 0 Å². The van der Waals surface area contributed by atoms with Gasteiger partial charge in [0, 0.05) is 21.8 Å². The number of nitrogens with zero attached hydrogens (tertiary/aromatic N) is 4. The van der Waals surface area contributed by atoms with Crippen molar-refractivity contribution in [3.63, 3.8) is 0 Å². The molecule has 0 aliphatic rings. The zero-order chi connectivity index (χ0) is 15.1. The SMILES string of the molecule is CCCNCCn1nnnc1SCc1ccc(Br)cc1Cl. The van der Waals surface area contributed by atoms with Gasteiger partial charge in [-0.1, -0.05) is 52.3 Å². The van der Waals surface area contributed by atoms with Crippen molar-refractivity contribution < 1.29 is 0 Å². The van der Waals surface area contributed by atoms with Crippen LogP contribution in [0.4, 0.5) is 0 Å². The molecule has 0 spiro atoms. The summed E-state index contributed by atoms with van der Waals surface area (Å²) >= 11 is 11.2. The molecular formula is C13H17BrClN5S. The number of benzene rings is 1. The van der Waals surface area contributed by atoms with E-state index in [1.807, 2.05) is 22.9 Å². The number of hydrogen-bond donors (Lipinski definition) is 1. The van der Waals surface area contributed by atoms with Crippen LogP contribution in [-0.4, -0.2) is 33.3 Å². The van der Waals surface area contributed by atoms with Gasteiger partial charge in [-0.25, -0.2) is 4.68 Å². The van der Waals surface area contributed by atoms with Crippen LogP contribution in [0, 0.1) is 0 Å². The first-order valence-electron chi connectivity index (χ1n) is 6.74. The smallest absolute Gasteiger partial charge is 0.209 e. The number of nitrogens with one attached hydrogen (secondary N) is 1. The summed E-state index contributed by atoms with van der Waals surface area (Å²) in [6, 6.07) is 5.89. The van der Waals surface area contributed by atoms with Gasteiger partial charge in [-0.15, -0.1) is 5.10 Å². The van der Waals surface area contributed by atoms with E-state index in [0.29, 0.717) is 0 Å². The largest absolute Gasteiger partial charge is 0.315 e. The van der Waals surface area contributed by atoms with E-state index >= 15 is 0 Å². The maximum atomic E-state index is 6.22. The fourth-order valence-corrected chi connectivity index (χ4v) is 3.43. The highest BCUT2D eigenvalue weighted by atomic mass is 79.9. The molecule has 2 aromatic rings. The lowest BCUT2D eigenvalue weighted by Gasteiger charge is -2.06. The second kappa shape index (κ2) is 8.73. The number of hydrogen-bond acceptors (Lipinski definition) is 5. The Bertz CT molecular complexity index is 577. The van der Waals surface area contributed by atoms with Gasteiger partial charge in [-0.2, -0.15) is 0 Å². The Hall–Kier alpha value is -0.630. The number of aromatic nitrogens is 4. The molecule has 1 N–H and O–H groups in total. The average Bonchev–Trinajstić information content (AvgIpc) is 2.90. The minimum Gasteiger partial charge on any atom is -0.315 e. The Labute approximate surface area is 142 Å². The van der Waals surface area contributed by atoms with Crippen LogP contribution in [0.15, 0.2) is 27.8 Å². The minimum absolute atomic E-state index is 0.745. The van der Waals surface area contributed by atoms with Crippen LogP contribution >= 0.6 is 39.3 Å². The average molecular weight is 391 g/mol. The van der Waals surface area contributed by atoms with Crippen molar-refractivity contribution in [3.05, 3.63) is 33.3 Å². The van der Waals surface area contributed by atoms with E-state index in [1.54, 1.807) is 11.8 Å². The molecule has 8 heteroatoms. The van der Waals surface area contributed by atoms with Gasteiger partial charge >= 0.3 is 0 Å². The Morgan fingerprint density at radius 3 is 3.00 bits per heavy atom. The molecule has 1 aromatic carbocycles. The molecule has 0 aliphatic carbocycles.